The summed E-state index contributed by atoms with van der Waals surface area (Å²) in [6.45, 7) is 10.3. The third-order valence-corrected chi connectivity index (χ3v) is 3.64. The minimum Gasteiger partial charge on any atom is -0.298 e. The van der Waals surface area contributed by atoms with Gasteiger partial charge in [0.2, 0.25) is 0 Å². The molecular weight excluding hydrogens is 206 g/mol. The number of aromatic nitrogens is 1. The van der Waals surface area contributed by atoms with Crippen LogP contribution in [0.4, 0.5) is 0 Å². The monoisotopic (exact) mass is 225 g/mol. The molecule has 1 aromatic heterocycles. The van der Waals surface area contributed by atoms with E-state index in [4.69, 9.17) is 0 Å². The predicted molar refractivity (Wildman–Crippen MR) is 64.1 cm³/mol. The Bertz CT molecular complexity index is 276. The number of rotatable bonds is 3. The van der Waals surface area contributed by atoms with Crippen molar-refractivity contribution in [2.45, 2.75) is 26.4 Å². The molecule has 0 aromatic carbocycles. The van der Waals surface area contributed by atoms with Crippen LogP contribution in [0, 0.1) is 0 Å². The molecule has 0 atom stereocenters. The average Bonchev–Trinajstić information content (AvgIpc) is 2.71. The van der Waals surface area contributed by atoms with Crippen LogP contribution in [-0.4, -0.2) is 47.0 Å². The minimum absolute atomic E-state index is 0.687. The number of piperazine rings is 1. The third-order valence-electron chi connectivity index (χ3n) is 3.01. The zero-order valence-corrected chi connectivity index (χ0v) is 10.3. The van der Waals surface area contributed by atoms with Gasteiger partial charge in [-0.3, -0.25) is 9.80 Å². The highest BCUT2D eigenvalue weighted by atomic mass is 32.1. The first-order valence-electron chi connectivity index (χ1n) is 5.59. The first kappa shape index (κ1) is 11.0. The van der Waals surface area contributed by atoms with Gasteiger partial charge in [0, 0.05) is 44.1 Å². The molecule has 84 valence electrons. The van der Waals surface area contributed by atoms with Gasteiger partial charge in [0.1, 0.15) is 0 Å². The quantitative estimate of drug-likeness (QED) is 0.780. The molecule has 15 heavy (non-hydrogen) atoms. The molecule has 3 nitrogen and oxygen atoms in total. The Morgan fingerprint density at radius 3 is 2.60 bits per heavy atom. The van der Waals surface area contributed by atoms with Crippen LogP contribution in [0.5, 0.6) is 0 Å². The number of nitrogens with zero attached hydrogens (tertiary/aromatic N) is 3. The van der Waals surface area contributed by atoms with Crippen molar-refractivity contribution < 1.29 is 0 Å². The van der Waals surface area contributed by atoms with E-state index in [1.54, 1.807) is 11.3 Å². The highest BCUT2D eigenvalue weighted by molar-refractivity contribution is 7.07. The first-order chi connectivity index (χ1) is 7.25. The van der Waals surface area contributed by atoms with Gasteiger partial charge < -0.3 is 0 Å². The maximum atomic E-state index is 4.33. The summed E-state index contributed by atoms with van der Waals surface area (Å²) in [5.74, 6) is 0. The summed E-state index contributed by atoms with van der Waals surface area (Å²) < 4.78 is 0. The Morgan fingerprint density at radius 1 is 1.33 bits per heavy atom. The van der Waals surface area contributed by atoms with Gasteiger partial charge in [0.15, 0.2) is 0 Å². The molecule has 1 saturated heterocycles. The molecule has 1 aromatic rings. The zero-order valence-electron chi connectivity index (χ0n) is 9.52. The Kier molecular flexibility index (Phi) is 3.72. The van der Waals surface area contributed by atoms with Crippen molar-refractivity contribution in [1.82, 2.24) is 14.8 Å². The Labute approximate surface area is 95.7 Å². The van der Waals surface area contributed by atoms with E-state index in [1.165, 1.54) is 31.9 Å². The molecule has 2 heterocycles. The SMILES string of the molecule is CC(C)N1CCN(Cc2cscn2)CC1. The molecule has 2 rings (SSSR count). The van der Waals surface area contributed by atoms with Crippen LogP contribution in [0.25, 0.3) is 0 Å². The highest BCUT2D eigenvalue weighted by Gasteiger charge is 2.18. The number of hydrogen-bond acceptors (Lipinski definition) is 4. The second kappa shape index (κ2) is 5.05. The fraction of sp³-hybridized carbons (Fsp3) is 0.727. The van der Waals surface area contributed by atoms with Crippen molar-refractivity contribution in [3.63, 3.8) is 0 Å². The lowest BCUT2D eigenvalue weighted by Crippen LogP contribution is -2.48. The molecule has 0 N–H and O–H groups in total. The van der Waals surface area contributed by atoms with E-state index < -0.39 is 0 Å². The summed E-state index contributed by atoms with van der Waals surface area (Å²) >= 11 is 1.69. The van der Waals surface area contributed by atoms with E-state index in [9.17, 15) is 0 Å². The second-order valence-corrected chi connectivity index (χ2v) is 5.10. The van der Waals surface area contributed by atoms with Crippen LogP contribution in [0.1, 0.15) is 19.5 Å². The third kappa shape index (κ3) is 3.00. The lowest BCUT2D eigenvalue weighted by atomic mass is 10.2. The van der Waals surface area contributed by atoms with Crippen molar-refractivity contribution in [3.8, 4) is 0 Å². The summed E-state index contributed by atoms with van der Waals surface area (Å²) in [4.78, 5) is 9.36. The van der Waals surface area contributed by atoms with Crippen LogP contribution in [0.15, 0.2) is 10.9 Å². The van der Waals surface area contributed by atoms with E-state index in [2.05, 4.69) is 34.0 Å². The van der Waals surface area contributed by atoms with Crippen LogP contribution >= 0.6 is 11.3 Å². The Balaban J connectivity index is 1.79. The molecule has 0 aliphatic carbocycles. The normalized spacial score (nSPS) is 19.9. The van der Waals surface area contributed by atoms with Crippen LogP contribution in [0.3, 0.4) is 0 Å². The van der Waals surface area contributed by atoms with E-state index in [0.717, 1.165) is 6.54 Å². The van der Waals surface area contributed by atoms with Crippen molar-refractivity contribution >= 4 is 11.3 Å². The summed E-state index contributed by atoms with van der Waals surface area (Å²) in [6, 6.07) is 0.687. The first-order valence-corrected chi connectivity index (χ1v) is 6.53. The zero-order chi connectivity index (χ0) is 10.7. The maximum absolute atomic E-state index is 4.33. The van der Waals surface area contributed by atoms with Crippen molar-refractivity contribution in [2.75, 3.05) is 26.2 Å². The molecule has 0 saturated carbocycles. The standard InChI is InChI=1S/C11H19N3S/c1-10(2)14-5-3-13(4-6-14)7-11-8-15-9-12-11/h8-10H,3-7H2,1-2H3. The molecule has 0 spiro atoms. The summed E-state index contributed by atoms with van der Waals surface area (Å²) in [7, 11) is 0. The van der Waals surface area contributed by atoms with E-state index >= 15 is 0 Å². The van der Waals surface area contributed by atoms with Crippen LogP contribution < -0.4 is 0 Å². The topological polar surface area (TPSA) is 19.4 Å². The lowest BCUT2D eigenvalue weighted by Gasteiger charge is -2.36. The second-order valence-electron chi connectivity index (χ2n) is 4.39. The smallest absolute Gasteiger partial charge is 0.0795 e. The van der Waals surface area contributed by atoms with Crippen molar-refractivity contribution in [3.05, 3.63) is 16.6 Å². The van der Waals surface area contributed by atoms with Crippen LogP contribution in [-0.2, 0) is 6.54 Å². The summed E-state index contributed by atoms with van der Waals surface area (Å²) in [5.41, 5.74) is 3.14. The number of hydrogen-bond donors (Lipinski definition) is 0. The molecule has 1 fully saturated rings. The molecule has 4 heteroatoms. The molecule has 0 amide bonds. The molecule has 0 bridgehead atoms. The van der Waals surface area contributed by atoms with Crippen molar-refractivity contribution in [1.29, 1.82) is 0 Å². The van der Waals surface area contributed by atoms with E-state index in [0.29, 0.717) is 6.04 Å². The van der Waals surface area contributed by atoms with Gasteiger partial charge in [-0.25, -0.2) is 4.98 Å². The Hall–Kier alpha value is -0.450. The number of thiazole rings is 1. The fourth-order valence-electron chi connectivity index (χ4n) is 1.98. The fourth-order valence-corrected chi connectivity index (χ4v) is 2.53. The molecular formula is C11H19N3S. The molecule has 1 aliphatic rings. The van der Waals surface area contributed by atoms with Gasteiger partial charge in [-0.15, -0.1) is 11.3 Å². The van der Waals surface area contributed by atoms with Gasteiger partial charge in [0.05, 0.1) is 11.2 Å². The van der Waals surface area contributed by atoms with Gasteiger partial charge in [0.25, 0.3) is 0 Å². The van der Waals surface area contributed by atoms with Gasteiger partial charge >= 0.3 is 0 Å². The van der Waals surface area contributed by atoms with Crippen LogP contribution in [0.2, 0.25) is 0 Å². The summed E-state index contributed by atoms with van der Waals surface area (Å²) in [6.07, 6.45) is 0. The van der Waals surface area contributed by atoms with Gasteiger partial charge in [-0.2, -0.15) is 0 Å². The van der Waals surface area contributed by atoms with Gasteiger partial charge in [-0.1, -0.05) is 0 Å². The van der Waals surface area contributed by atoms with Gasteiger partial charge in [-0.05, 0) is 13.8 Å². The largest absolute Gasteiger partial charge is 0.298 e. The Morgan fingerprint density at radius 2 is 2.07 bits per heavy atom. The lowest BCUT2D eigenvalue weighted by molar-refractivity contribution is 0.103. The molecule has 0 unspecified atom stereocenters. The average molecular weight is 225 g/mol. The molecule has 1 aliphatic heterocycles. The molecule has 0 radical (unpaired) electrons. The maximum Gasteiger partial charge on any atom is 0.0795 e. The van der Waals surface area contributed by atoms with E-state index in [-0.39, 0.29) is 0 Å². The van der Waals surface area contributed by atoms with Crippen molar-refractivity contribution in [2.24, 2.45) is 0 Å². The summed E-state index contributed by atoms with van der Waals surface area (Å²) in [5, 5.41) is 2.15. The highest BCUT2D eigenvalue weighted by Crippen LogP contribution is 2.10. The van der Waals surface area contributed by atoms with E-state index in [1.807, 2.05) is 5.51 Å². The minimum atomic E-state index is 0.687. The predicted octanol–water partition coefficient (Wildman–Crippen LogP) is 1.67.